The third-order valence-corrected chi connectivity index (χ3v) is 10.2. The first-order valence-corrected chi connectivity index (χ1v) is 24.0. The molecule has 0 fully saturated rings. The quantitative estimate of drug-likeness (QED) is 0.0178. The van der Waals surface area contributed by atoms with Gasteiger partial charge in [-0.05, 0) is 70.6 Å². The Bertz CT molecular complexity index is 1200. The maximum absolute atomic E-state index is 12.6. The molecule has 0 spiro atoms. The highest BCUT2D eigenvalue weighted by Crippen LogP contribution is 2.43. The number of nitrogens with two attached hydrogens (primary N) is 1. The minimum Gasteiger partial charge on any atom is -0.462 e. The van der Waals surface area contributed by atoms with E-state index in [1.165, 1.54) is 57.8 Å². The SMILES string of the molecule is CCCCC/C=C\C/C=C\CCCCCCCCCCCC(=O)O[C@H](COC(=O)CCC/C=C\C/C=C\C/C=C\C=C\[C@H](O)CCCCC)COP(=O)(O)OCCN. The zero-order valence-corrected chi connectivity index (χ0v) is 37.3. The minimum atomic E-state index is -4.41. The van der Waals surface area contributed by atoms with Crippen LogP contribution in [0.2, 0.25) is 0 Å². The summed E-state index contributed by atoms with van der Waals surface area (Å²) in [5, 5.41) is 9.89. The first-order chi connectivity index (χ1) is 28.2. The van der Waals surface area contributed by atoms with E-state index >= 15 is 0 Å². The van der Waals surface area contributed by atoms with Gasteiger partial charge in [-0.1, -0.05) is 164 Å². The van der Waals surface area contributed by atoms with Crippen LogP contribution in [-0.2, 0) is 32.7 Å². The van der Waals surface area contributed by atoms with E-state index in [1.807, 2.05) is 36.5 Å². The lowest BCUT2D eigenvalue weighted by atomic mass is 10.1. The van der Waals surface area contributed by atoms with E-state index in [1.54, 1.807) is 0 Å². The van der Waals surface area contributed by atoms with Crippen molar-refractivity contribution in [1.82, 2.24) is 0 Å². The summed E-state index contributed by atoms with van der Waals surface area (Å²) < 4.78 is 32.7. The molecule has 0 aromatic heterocycles. The van der Waals surface area contributed by atoms with Crippen LogP contribution in [0.1, 0.15) is 174 Å². The molecule has 0 radical (unpaired) electrons. The molecule has 11 heteroatoms. The summed E-state index contributed by atoms with van der Waals surface area (Å²) in [5.41, 5.74) is 5.34. The third-order valence-electron chi connectivity index (χ3n) is 9.17. The molecular weight excluding hydrogens is 753 g/mol. The number of phosphoric ester groups is 1. The van der Waals surface area contributed by atoms with Crippen molar-refractivity contribution in [3.63, 3.8) is 0 Å². The Balaban J connectivity index is 4.27. The van der Waals surface area contributed by atoms with E-state index < -0.39 is 32.5 Å². The molecule has 0 aliphatic heterocycles. The molecule has 0 aliphatic rings. The molecule has 4 N–H and O–H groups in total. The van der Waals surface area contributed by atoms with Crippen molar-refractivity contribution in [3.8, 4) is 0 Å². The number of aliphatic hydroxyl groups is 1. The van der Waals surface area contributed by atoms with E-state index in [4.69, 9.17) is 24.3 Å². The van der Waals surface area contributed by atoms with Crippen LogP contribution in [0.25, 0.3) is 0 Å². The van der Waals surface area contributed by atoms with E-state index in [0.717, 1.165) is 70.6 Å². The van der Waals surface area contributed by atoms with Crippen LogP contribution >= 0.6 is 7.82 Å². The number of aliphatic hydroxyl groups excluding tert-OH is 1. The number of allylic oxidation sites excluding steroid dienone is 11. The van der Waals surface area contributed by atoms with Crippen LogP contribution in [0.4, 0.5) is 0 Å². The molecule has 0 saturated heterocycles. The molecule has 10 nitrogen and oxygen atoms in total. The highest BCUT2D eigenvalue weighted by atomic mass is 31.2. The van der Waals surface area contributed by atoms with Gasteiger partial charge in [-0.3, -0.25) is 18.6 Å². The molecule has 3 atom stereocenters. The second-order valence-electron chi connectivity index (χ2n) is 14.8. The van der Waals surface area contributed by atoms with Gasteiger partial charge in [0.2, 0.25) is 0 Å². The molecule has 334 valence electrons. The van der Waals surface area contributed by atoms with Gasteiger partial charge in [-0.2, -0.15) is 0 Å². The Labute approximate surface area is 353 Å². The summed E-state index contributed by atoms with van der Waals surface area (Å²) in [5.74, 6) is -0.930. The Kier molecular flexibility index (Phi) is 40.6. The fourth-order valence-electron chi connectivity index (χ4n) is 5.77. The van der Waals surface area contributed by atoms with Crippen LogP contribution in [0.5, 0.6) is 0 Å². The molecule has 58 heavy (non-hydrogen) atoms. The Morgan fingerprint density at radius 2 is 1.12 bits per heavy atom. The number of rotatable bonds is 41. The zero-order valence-electron chi connectivity index (χ0n) is 36.4. The van der Waals surface area contributed by atoms with Gasteiger partial charge in [0, 0.05) is 19.4 Å². The van der Waals surface area contributed by atoms with Gasteiger partial charge in [0.1, 0.15) is 6.61 Å². The predicted octanol–water partition coefficient (Wildman–Crippen LogP) is 12.0. The summed E-state index contributed by atoms with van der Waals surface area (Å²) in [7, 11) is -4.41. The largest absolute Gasteiger partial charge is 0.472 e. The van der Waals surface area contributed by atoms with Crippen LogP contribution in [0.3, 0.4) is 0 Å². The molecule has 0 amide bonds. The van der Waals surface area contributed by atoms with Crippen LogP contribution in [0, 0.1) is 0 Å². The van der Waals surface area contributed by atoms with Gasteiger partial charge in [0.05, 0.1) is 19.3 Å². The number of unbranched alkanes of at least 4 members (excludes halogenated alkanes) is 15. The minimum absolute atomic E-state index is 0.0352. The topological polar surface area (TPSA) is 155 Å². The molecule has 0 aromatic carbocycles. The van der Waals surface area contributed by atoms with Gasteiger partial charge in [-0.25, -0.2) is 4.57 Å². The number of carbonyl (C=O) groups is 2. The number of hydrogen-bond acceptors (Lipinski definition) is 9. The van der Waals surface area contributed by atoms with Gasteiger partial charge < -0.3 is 25.2 Å². The zero-order chi connectivity index (χ0) is 42.6. The number of phosphoric acid groups is 1. The monoisotopic (exact) mass is 836 g/mol. The Morgan fingerprint density at radius 3 is 1.74 bits per heavy atom. The van der Waals surface area contributed by atoms with Crippen molar-refractivity contribution in [2.24, 2.45) is 5.73 Å². The van der Waals surface area contributed by atoms with Crippen LogP contribution in [-0.4, -0.2) is 60.5 Å². The first-order valence-electron chi connectivity index (χ1n) is 22.5. The molecule has 0 aliphatic carbocycles. The van der Waals surface area contributed by atoms with Crippen LogP contribution < -0.4 is 5.73 Å². The fraction of sp³-hybridized carbons (Fsp3) is 0.702. The lowest BCUT2D eigenvalue weighted by Crippen LogP contribution is -2.29. The summed E-state index contributed by atoms with van der Waals surface area (Å²) in [6.07, 6.45) is 48.3. The van der Waals surface area contributed by atoms with Crippen LogP contribution in [0.15, 0.2) is 72.9 Å². The standard InChI is InChI=1S/C47H82NO9P/c1-3-5-7-8-9-10-11-12-13-14-15-16-17-18-21-25-28-31-35-39-47(51)57-45(43-56-58(52,53)55-41-40-48)42-54-46(50)38-34-30-27-24-22-19-20-23-26-29-33-37-44(49)36-32-6-4-2/h9-10,12-13,19-20,24,26-27,29,33,37,44-45,49H,3-8,11,14-18,21-23,25,28,30-32,34-36,38-43,48H2,1-2H3,(H,52,53)/b10-9-,13-12-,20-19-,27-24-,29-26-,37-33+/t44-,45-/m1/s1. The second kappa shape index (κ2) is 42.5. The highest BCUT2D eigenvalue weighted by molar-refractivity contribution is 7.47. The molecule has 0 bridgehead atoms. The van der Waals surface area contributed by atoms with Crippen molar-refractivity contribution < 1.29 is 42.7 Å². The molecule has 0 rings (SSSR count). The van der Waals surface area contributed by atoms with E-state index in [9.17, 15) is 24.2 Å². The number of hydrogen-bond donors (Lipinski definition) is 3. The number of carbonyl (C=O) groups excluding carboxylic acids is 2. The molecule has 0 saturated carbocycles. The van der Waals surface area contributed by atoms with Gasteiger partial charge in [0.25, 0.3) is 0 Å². The second-order valence-corrected chi connectivity index (χ2v) is 16.2. The molecular formula is C47H82NO9P. The smallest absolute Gasteiger partial charge is 0.462 e. The first kappa shape index (κ1) is 55.4. The molecule has 0 aromatic rings. The Hall–Kier alpha value is -2.59. The van der Waals surface area contributed by atoms with Gasteiger partial charge in [0.15, 0.2) is 6.10 Å². The predicted molar refractivity (Wildman–Crippen MR) is 239 cm³/mol. The summed E-state index contributed by atoms with van der Waals surface area (Å²) in [6.45, 7) is 3.49. The fourth-order valence-corrected chi connectivity index (χ4v) is 6.53. The highest BCUT2D eigenvalue weighted by Gasteiger charge is 2.26. The summed E-state index contributed by atoms with van der Waals surface area (Å²) in [4.78, 5) is 34.9. The lowest BCUT2D eigenvalue weighted by Gasteiger charge is -2.19. The van der Waals surface area contributed by atoms with Crippen molar-refractivity contribution in [2.75, 3.05) is 26.4 Å². The average Bonchev–Trinajstić information content (AvgIpc) is 3.20. The normalized spacial score (nSPS) is 14.5. The van der Waals surface area contributed by atoms with Gasteiger partial charge in [-0.15, -0.1) is 0 Å². The molecule has 0 heterocycles. The summed E-state index contributed by atoms with van der Waals surface area (Å²) in [6, 6.07) is 0. The molecule has 1 unspecified atom stereocenters. The third kappa shape index (κ3) is 41.6. The van der Waals surface area contributed by atoms with Crippen molar-refractivity contribution in [1.29, 1.82) is 0 Å². The summed E-state index contributed by atoms with van der Waals surface area (Å²) >= 11 is 0. The maximum atomic E-state index is 12.6. The van der Waals surface area contributed by atoms with Crippen molar-refractivity contribution in [3.05, 3.63) is 72.9 Å². The van der Waals surface area contributed by atoms with Gasteiger partial charge >= 0.3 is 19.8 Å². The van der Waals surface area contributed by atoms with E-state index in [0.29, 0.717) is 19.3 Å². The number of esters is 2. The Morgan fingerprint density at radius 1 is 0.603 bits per heavy atom. The lowest BCUT2D eigenvalue weighted by molar-refractivity contribution is -0.161. The van der Waals surface area contributed by atoms with Crippen molar-refractivity contribution >= 4 is 19.8 Å². The number of ether oxygens (including phenoxy) is 2. The van der Waals surface area contributed by atoms with E-state index in [2.05, 4.69) is 50.3 Å². The van der Waals surface area contributed by atoms with Crippen molar-refractivity contribution in [2.45, 2.75) is 187 Å². The average molecular weight is 836 g/mol. The van der Waals surface area contributed by atoms with E-state index in [-0.39, 0.29) is 38.7 Å². The maximum Gasteiger partial charge on any atom is 0.472 e.